The molecule has 6 nitrogen and oxygen atoms in total. The lowest BCUT2D eigenvalue weighted by Gasteiger charge is -2.12. The highest BCUT2D eigenvalue weighted by atomic mass is 16.5. The molecule has 0 aromatic heterocycles. The van der Waals surface area contributed by atoms with Gasteiger partial charge < -0.3 is 14.2 Å². The number of ether oxygens (including phenoxy) is 3. The summed E-state index contributed by atoms with van der Waals surface area (Å²) in [5, 5.41) is 8.40. The van der Waals surface area contributed by atoms with Crippen molar-refractivity contribution in [3.8, 4) is 17.2 Å². The Kier molecular flexibility index (Phi) is 6.95. The van der Waals surface area contributed by atoms with Gasteiger partial charge in [-0.05, 0) is 12.1 Å². The van der Waals surface area contributed by atoms with Gasteiger partial charge in [0.05, 0.1) is 27.5 Å². The number of hydrogen-bond acceptors (Lipinski definition) is 6. The van der Waals surface area contributed by atoms with Crippen molar-refractivity contribution in [1.29, 1.82) is 0 Å². The summed E-state index contributed by atoms with van der Waals surface area (Å²) < 4.78 is 16.0. The molecule has 3 rings (SSSR count). The minimum absolute atomic E-state index is 0.205. The predicted molar refractivity (Wildman–Crippen MR) is 117 cm³/mol. The molecule has 0 saturated heterocycles. The number of carbonyl (C=O) groups is 1. The van der Waals surface area contributed by atoms with Crippen LogP contribution in [0.4, 0.5) is 0 Å². The zero-order valence-corrected chi connectivity index (χ0v) is 17.0. The van der Waals surface area contributed by atoms with E-state index >= 15 is 0 Å². The van der Waals surface area contributed by atoms with E-state index in [-0.39, 0.29) is 11.5 Å². The minimum Gasteiger partial charge on any atom is -0.493 e. The Labute approximate surface area is 175 Å². The fourth-order valence-corrected chi connectivity index (χ4v) is 2.89. The van der Waals surface area contributed by atoms with Gasteiger partial charge >= 0.3 is 0 Å². The van der Waals surface area contributed by atoms with Crippen LogP contribution in [0.3, 0.4) is 0 Å². The number of nitrogens with zero attached hydrogens (tertiary/aromatic N) is 2. The number of methoxy groups -OCH3 is 3. The Hall–Kier alpha value is -3.93. The molecular weight excluding hydrogens is 380 g/mol. The van der Waals surface area contributed by atoms with Crippen LogP contribution in [-0.4, -0.2) is 39.0 Å². The van der Waals surface area contributed by atoms with Crippen LogP contribution < -0.4 is 14.2 Å². The Balaban J connectivity index is 1.99. The fourth-order valence-electron chi connectivity index (χ4n) is 2.89. The first kappa shape index (κ1) is 20.8. The van der Waals surface area contributed by atoms with Gasteiger partial charge in [0, 0.05) is 16.7 Å². The lowest BCUT2D eigenvalue weighted by molar-refractivity contribution is 0.106. The van der Waals surface area contributed by atoms with Gasteiger partial charge in [0.2, 0.25) is 11.5 Å². The Morgan fingerprint density at radius 2 is 1.30 bits per heavy atom. The Morgan fingerprint density at radius 3 is 1.80 bits per heavy atom. The average molecular weight is 402 g/mol. The van der Waals surface area contributed by atoms with E-state index in [2.05, 4.69) is 10.2 Å². The van der Waals surface area contributed by atoms with Gasteiger partial charge in [0.15, 0.2) is 11.5 Å². The third-order valence-electron chi connectivity index (χ3n) is 4.35. The van der Waals surface area contributed by atoms with Crippen LogP contribution in [0.15, 0.2) is 83.0 Å². The molecule has 0 aliphatic heterocycles. The van der Waals surface area contributed by atoms with E-state index in [1.807, 2.05) is 48.5 Å². The summed E-state index contributed by atoms with van der Waals surface area (Å²) in [6.07, 6.45) is 1.53. The maximum atomic E-state index is 13.0. The van der Waals surface area contributed by atoms with Gasteiger partial charge in [-0.15, -0.1) is 5.10 Å². The highest BCUT2D eigenvalue weighted by Crippen LogP contribution is 2.37. The van der Waals surface area contributed by atoms with Crippen molar-refractivity contribution in [2.45, 2.75) is 0 Å². The van der Waals surface area contributed by atoms with Crippen LogP contribution in [-0.2, 0) is 0 Å². The van der Waals surface area contributed by atoms with Crippen molar-refractivity contribution in [3.05, 3.63) is 89.5 Å². The molecule has 152 valence electrons. The average Bonchev–Trinajstić information content (AvgIpc) is 2.81. The normalized spacial score (nSPS) is 11.4. The number of hydrogen-bond donors (Lipinski definition) is 0. The molecule has 0 unspecified atom stereocenters. The second kappa shape index (κ2) is 10.0. The molecule has 0 radical (unpaired) electrons. The highest BCUT2D eigenvalue weighted by Gasteiger charge is 2.16. The number of rotatable bonds is 8. The molecule has 0 aliphatic carbocycles. The van der Waals surface area contributed by atoms with E-state index in [1.54, 1.807) is 45.6 Å². The van der Waals surface area contributed by atoms with Gasteiger partial charge in [-0.25, -0.2) is 0 Å². The van der Waals surface area contributed by atoms with Gasteiger partial charge in [-0.3, -0.25) is 4.79 Å². The van der Waals surface area contributed by atoms with Gasteiger partial charge in [-0.1, -0.05) is 60.7 Å². The topological polar surface area (TPSA) is 69.5 Å². The summed E-state index contributed by atoms with van der Waals surface area (Å²) in [7, 11) is 4.63. The minimum atomic E-state index is -0.205. The van der Waals surface area contributed by atoms with Crippen LogP contribution in [0.25, 0.3) is 0 Å². The molecule has 0 amide bonds. The zero-order valence-electron chi connectivity index (χ0n) is 17.0. The molecule has 0 spiro atoms. The molecule has 0 N–H and O–H groups in total. The Bertz CT molecular complexity index is 1040. The second-order valence-corrected chi connectivity index (χ2v) is 6.21. The highest BCUT2D eigenvalue weighted by molar-refractivity contribution is 6.51. The maximum absolute atomic E-state index is 13.0. The third kappa shape index (κ3) is 4.72. The Morgan fingerprint density at radius 1 is 0.767 bits per heavy atom. The SMILES string of the molecule is COc1cc(/C=N/N=C(/C(=O)c2ccccc2)c2ccccc2)cc(OC)c1OC. The molecule has 0 saturated carbocycles. The van der Waals surface area contributed by atoms with E-state index in [4.69, 9.17) is 14.2 Å². The zero-order chi connectivity index (χ0) is 21.3. The lowest BCUT2D eigenvalue weighted by atomic mass is 10.0. The molecule has 0 heterocycles. The maximum Gasteiger partial charge on any atom is 0.213 e. The standard InChI is InChI=1S/C24H22N2O4/c1-28-20-14-17(15-21(29-2)24(20)30-3)16-25-26-22(18-10-6-4-7-11-18)23(27)19-12-8-5-9-13-19/h4-16H,1-3H3/b25-16+,26-22+. The summed E-state index contributed by atoms with van der Waals surface area (Å²) in [6, 6.07) is 21.7. The van der Waals surface area contributed by atoms with Gasteiger partial charge in [0.1, 0.15) is 5.71 Å². The molecule has 0 bridgehead atoms. The third-order valence-corrected chi connectivity index (χ3v) is 4.35. The monoisotopic (exact) mass is 402 g/mol. The number of ketones is 1. The molecule has 6 heteroatoms. The van der Waals surface area contributed by atoms with E-state index in [1.165, 1.54) is 6.21 Å². The summed E-state index contributed by atoms with van der Waals surface area (Å²) in [5.41, 5.74) is 2.18. The first-order valence-corrected chi connectivity index (χ1v) is 9.24. The summed E-state index contributed by atoms with van der Waals surface area (Å²) in [6.45, 7) is 0. The van der Waals surface area contributed by atoms with Crippen molar-refractivity contribution < 1.29 is 19.0 Å². The van der Waals surface area contributed by atoms with Crippen LogP contribution in [0.5, 0.6) is 17.2 Å². The van der Waals surface area contributed by atoms with Crippen LogP contribution in [0, 0.1) is 0 Å². The largest absolute Gasteiger partial charge is 0.493 e. The van der Waals surface area contributed by atoms with E-state index < -0.39 is 0 Å². The van der Waals surface area contributed by atoms with Crippen molar-refractivity contribution in [1.82, 2.24) is 0 Å². The smallest absolute Gasteiger partial charge is 0.213 e. The van der Waals surface area contributed by atoms with Crippen LogP contribution >= 0.6 is 0 Å². The first-order valence-electron chi connectivity index (χ1n) is 9.24. The van der Waals surface area contributed by atoms with Crippen LogP contribution in [0.1, 0.15) is 21.5 Å². The van der Waals surface area contributed by atoms with Crippen molar-refractivity contribution in [3.63, 3.8) is 0 Å². The van der Waals surface area contributed by atoms with E-state index in [0.29, 0.717) is 33.9 Å². The summed E-state index contributed by atoms with van der Waals surface area (Å²) in [4.78, 5) is 13.0. The van der Waals surface area contributed by atoms with Gasteiger partial charge in [0.25, 0.3) is 0 Å². The first-order chi connectivity index (χ1) is 14.7. The fraction of sp³-hybridized carbons (Fsp3) is 0.125. The van der Waals surface area contributed by atoms with Crippen molar-refractivity contribution in [2.24, 2.45) is 10.2 Å². The molecular formula is C24H22N2O4. The quantitative estimate of drug-likeness (QED) is 0.318. The van der Waals surface area contributed by atoms with E-state index in [9.17, 15) is 4.79 Å². The molecule has 0 atom stereocenters. The second-order valence-electron chi connectivity index (χ2n) is 6.21. The molecule has 0 fully saturated rings. The molecule has 3 aromatic carbocycles. The molecule has 0 aliphatic rings. The van der Waals surface area contributed by atoms with E-state index in [0.717, 1.165) is 0 Å². The predicted octanol–water partition coefficient (Wildman–Crippen LogP) is 4.42. The van der Waals surface area contributed by atoms with Gasteiger partial charge in [-0.2, -0.15) is 5.10 Å². The lowest BCUT2D eigenvalue weighted by Crippen LogP contribution is -2.15. The van der Waals surface area contributed by atoms with Crippen LogP contribution in [0.2, 0.25) is 0 Å². The molecule has 3 aromatic rings. The van der Waals surface area contributed by atoms with Crippen molar-refractivity contribution in [2.75, 3.05) is 21.3 Å². The summed E-state index contributed by atoms with van der Waals surface area (Å²) >= 11 is 0. The number of Topliss-reactive ketones (excluding diaryl/α,β-unsaturated/α-hetero) is 1. The molecule has 30 heavy (non-hydrogen) atoms. The van der Waals surface area contributed by atoms with Crippen molar-refractivity contribution >= 4 is 17.7 Å². The number of carbonyl (C=O) groups excluding carboxylic acids is 1. The number of benzene rings is 3. The summed E-state index contributed by atoms with van der Waals surface area (Å²) in [5.74, 6) is 1.30.